The number of aryl methyl sites for hydroxylation is 2. The van der Waals surface area contributed by atoms with Gasteiger partial charge in [0.2, 0.25) is 0 Å². The molecule has 0 aliphatic carbocycles. The molecule has 0 aliphatic heterocycles. The molecule has 2 heteroatoms. The van der Waals surface area contributed by atoms with Crippen molar-refractivity contribution in [2.24, 2.45) is 11.3 Å². The third-order valence-corrected chi connectivity index (χ3v) is 2.77. The highest BCUT2D eigenvalue weighted by atomic mass is 15.2. The van der Waals surface area contributed by atoms with Crippen LogP contribution in [0.5, 0.6) is 0 Å². The normalized spacial score (nSPS) is 14.0. The first-order chi connectivity index (χ1) is 6.86. The van der Waals surface area contributed by atoms with Gasteiger partial charge in [-0.1, -0.05) is 44.5 Å². The van der Waals surface area contributed by atoms with Gasteiger partial charge in [-0.05, 0) is 30.4 Å². The predicted octanol–water partition coefficient (Wildman–Crippen LogP) is 2.85. The van der Waals surface area contributed by atoms with Crippen molar-refractivity contribution in [2.75, 3.05) is 0 Å². The minimum Gasteiger partial charge on any atom is -0.271 e. The summed E-state index contributed by atoms with van der Waals surface area (Å²) >= 11 is 0. The van der Waals surface area contributed by atoms with Crippen LogP contribution in [-0.4, -0.2) is 0 Å². The number of nitrogens with one attached hydrogen (secondary N) is 1. The van der Waals surface area contributed by atoms with E-state index in [0.717, 1.165) is 0 Å². The summed E-state index contributed by atoms with van der Waals surface area (Å²) in [5.41, 5.74) is 6.92. The Kier molecular flexibility index (Phi) is 3.53. The van der Waals surface area contributed by atoms with Crippen LogP contribution in [0.25, 0.3) is 0 Å². The Bertz CT molecular complexity index is 337. The van der Waals surface area contributed by atoms with Gasteiger partial charge in [-0.3, -0.25) is 11.3 Å². The molecule has 1 aromatic carbocycles. The smallest absolute Gasteiger partial charge is 0.0510 e. The van der Waals surface area contributed by atoms with Gasteiger partial charge in [0.15, 0.2) is 0 Å². The molecule has 2 nitrogen and oxygen atoms in total. The summed E-state index contributed by atoms with van der Waals surface area (Å²) in [5.74, 6) is 5.65. The van der Waals surface area contributed by atoms with E-state index in [-0.39, 0.29) is 11.5 Å². The van der Waals surface area contributed by atoms with Gasteiger partial charge in [-0.25, -0.2) is 0 Å². The average Bonchev–Trinajstić information content (AvgIpc) is 2.07. The summed E-state index contributed by atoms with van der Waals surface area (Å²) in [5, 5.41) is 0. The fraction of sp³-hybridized carbons (Fsp3) is 0.538. The van der Waals surface area contributed by atoms with Crippen LogP contribution in [0.4, 0.5) is 0 Å². The number of benzene rings is 1. The van der Waals surface area contributed by atoms with E-state index in [1.807, 2.05) is 0 Å². The molecule has 1 unspecified atom stereocenters. The van der Waals surface area contributed by atoms with Gasteiger partial charge >= 0.3 is 0 Å². The zero-order valence-corrected chi connectivity index (χ0v) is 10.4. The van der Waals surface area contributed by atoms with Crippen LogP contribution < -0.4 is 11.3 Å². The fourth-order valence-electron chi connectivity index (χ4n) is 1.96. The van der Waals surface area contributed by atoms with Crippen molar-refractivity contribution in [3.8, 4) is 0 Å². The molecular formula is C13H22N2. The summed E-state index contributed by atoms with van der Waals surface area (Å²) in [7, 11) is 0. The number of hydrogen-bond acceptors (Lipinski definition) is 2. The minimum atomic E-state index is 0.120. The van der Waals surface area contributed by atoms with Crippen LogP contribution >= 0.6 is 0 Å². The van der Waals surface area contributed by atoms with Crippen molar-refractivity contribution in [3.63, 3.8) is 0 Å². The van der Waals surface area contributed by atoms with Gasteiger partial charge in [0, 0.05) is 0 Å². The monoisotopic (exact) mass is 206 g/mol. The predicted molar refractivity (Wildman–Crippen MR) is 65.4 cm³/mol. The quantitative estimate of drug-likeness (QED) is 0.577. The average molecular weight is 206 g/mol. The Morgan fingerprint density at radius 1 is 1.20 bits per heavy atom. The highest BCUT2D eigenvalue weighted by molar-refractivity contribution is 5.33. The number of nitrogens with two attached hydrogens (primary N) is 1. The summed E-state index contributed by atoms with van der Waals surface area (Å²) in [4.78, 5) is 0. The zero-order chi connectivity index (χ0) is 11.6. The first-order valence-corrected chi connectivity index (χ1v) is 5.39. The van der Waals surface area contributed by atoms with Crippen molar-refractivity contribution in [2.45, 2.75) is 40.7 Å². The third kappa shape index (κ3) is 2.80. The maximum absolute atomic E-state index is 5.65. The molecule has 3 N–H and O–H groups in total. The highest BCUT2D eigenvalue weighted by Crippen LogP contribution is 2.33. The van der Waals surface area contributed by atoms with Crippen molar-refractivity contribution in [1.29, 1.82) is 0 Å². The molecule has 0 saturated heterocycles. The van der Waals surface area contributed by atoms with Gasteiger partial charge in [0.25, 0.3) is 0 Å². The first-order valence-electron chi connectivity index (χ1n) is 5.39. The molecule has 0 heterocycles. The van der Waals surface area contributed by atoms with Crippen LogP contribution in [0.15, 0.2) is 18.2 Å². The largest absolute Gasteiger partial charge is 0.271 e. The summed E-state index contributed by atoms with van der Waals surface area (Å²) in [6.07, 6.45) is 0. The summed E-state index contributed by atoms with van der Waals surface area (Å²) < 4.78 is 0. The Morgan fingerprint density at radius 2 is 1.80 bits per heavy atom. The summed E-state index contributed by atoms with van der Waals surface area (Å²) in [6.45, 7) is 10.8. The fourth-order valence-corrected chi connectivity index (χ4v) is 1.96. The first kappa shape index (κ1) is 12.2. The van der Waals surface area contributed by atoms with Crippen molar-refractivity contribution in [3.05, 3.63) is 34.9 Å². The Morgan fingerprint density at radius 3 is 2.20 bits per heavy atom. The number of hydrogen-bond donors (Lipinski definition) is 2. The lowest BCUT2D eigenvalue weighted by Crippen LogP contribution is -2.37. The lowest BCUT2D eigenvalue weighted by molar-refractivity contribution is 0.274. The molecule has 84 valence electrons. The molecule has 0 amide bonds. The van der Waals surface area contributed by atoms with Gasteiger partial charge in [-0.15, -0.1) is 0 Å². The topological polar surface area (TPSA) is 38.0 Å². The number of rotatable bonds is 2. The molecule has 0 spiro atoms. The minimum absolute atomic E-state index is 0.120. The summed E-state index contributed by atoms with van der Waals surface area (Å²) in [6, 6.07) is 6.70. The molecule has 15 heavy (non-hydrogen) atoms. The van der Waals surface area contributed by atoms with E-state index in [2.05, 4.69) is 58.2 Å². The SMILES string of the molecule is Cc1ccc(C(NN)C(C)(C)C)c(C)c1. The number of hydrazine groups is 1. The molecule has 1 rings (SSSR count). The Labute approximate surface area is 92.8 Å². The lowest BCUT2D eigenvalue weighted by atomic mass is 9.81. The molecule has 0 bridgehead atoms. The van der Waals surface area contributed by atoms with Gasteiger partial charge < -0.3 is 0 Å². The van der Waals surface area contributed by atoms with Gasteiger partial charge in [-0.2, -0.15) is 0 Å². The second kappa shape index (κ2) is 4.33. The van der Waals surface area contributed by atoms with E-state index >= 15 is 0 Å². The maximum atomic E-state index is 5.65. The van der Waals surface area contributed by atoms with E-state index in [0.29, 0.717) is 0 Å². The molecule has 1 atom stereocenters. The zero-order valence-electron chi connectivity index (χ0n) is 10.4. The second-order valence-electron chi connectivity index (χ2n) is 5.33. The van der Waals surface area contributed by atoms with Gasteiger partial charge in [0.1, 0.15) is 0 Å². The van der Waals surface area contributed by atoms with Gasteiger partial charge in [0.05, 0.1) is 6.04 Å². The second-order valence-corrected chi connectivity index (χ2v) is 5.33. The van der Waals surface area contributed by atoms with Crippen molar-refractivity contribution >= 4 is 0 Å². The molecule has 0 aromatic heterocycles. The Balaban J connectivity index is 3.13. The van der Waals surface area contributed by atoms with Crippen molar-refractivity contribution < 1.29 is 0 Å². The molecular weight excluding hydrogens is 184 g/mol. The van der Waals surface area contributed by atoms with E-state index in [1.165, 1.54) is 16.7 Å². The van der Waals surface area contributed by atoms with Crippen LogP contribution in [0.2, 0.25) is 0 Å². The Hall–Kier alpha value is -0.860. The van der Waals surface area contributed by atoms with Crippen LogP contribution in [-0.2, 0) is 0 Å². The molecule has 0 aliphatic rings. The molecule has 0 saturated carbocycles. The van der Waals surface area contributed by atoms with Crippen LogP contribution in [0.3, 0.4) is 0 Å². The third-order valence-electron chi connectivity index (χ3n) is 2.77. The van der Waals surface area contributed by atoms with Crippen LogP contribution in [0, 0.1) is 19.3 Å². The molecule has 0 radical (unpaired) electrons. The highest BCUT2D eigenvalue weighted by Gasteiger charge is 2.26. The van der Waals surface area contributed by atoms with E-state index in [4.69, 9.17) is 5.84 Å². The molecule has 0 fully saturated rings. The van der Waals surface area contributed by atoms with E-state index in [1.54, 1.807) is 0 Å². The van der Waals surface area contributed by atoms with E-state index in [9.17, 15) is 0 Å². The lowest BCUT2D eigenvalue weighted by Gasteiger charge is -2.31. The maximum Gasteiger partial charge on any atom is 0.0510 e. The van der Waals surface area contributed by atoms with Crippen LogP contribution in [0.1, 0.15) is 43.5 Å². The standard InChI is InChI=1S/C13H22N2/c1-9-6-7-11(10(2)8-9)12(15-14)13(3,4)5/h6-8,12,15H,14H2,1-5H3. The molecule has 1 aromatic rings. The van der Waals surface area contributed by atoms with Crippen molar-refractivity contribution in [1.82, 2.24) is 5.43 Å². The van der Waals surface area contributed by atoms with E-state index < -0.39 is 0 Å².